The number of amides is 1. The number of pyridine rings is 1. The van der Waals surface area contributed by atoms with E-state index < -0.39 is 0 Å². The zero-order valence-corrected chi connectivity index (χ0v) is 14.8. The van der Waals surface area contributed by atoms with E-state index >= 15 is 0 Å². The zero-order chi connectivity index (χ0) is 17.5. The molecule has 0 unspecified atom stereocenters. The first-order chi connectivity index (χ1) is 11.5. The molecule has 2 aromatic rings. The number of aromatic nitrogens is 1. The lowest BCUT2D eigenvalue weighted by atomic mass is 10.0. The molecule has 2 rings (SSSR count). The van der Waals surface area contributed by atoms with Gasteiger partial charge in [0.15, 0.2) is 0 Å². The highest BCUT2D eigenvalue weighted by Gasteiger charge is 2.08. The lowest BCUT2D eigenvalue weighted by Crippen LogP contribution is -2.31. The third-order valence-electron chi connectivity index (χ3n) is 3.70. The second-order valence-electron chi connectivity index (χ2n) is 6.36. The molecule has 128 valence electrons. The van der Waals surface area contributed by atoms with Crippen LogP contribution in [0.4, 0.5) is 11.4 Å². The highest BCUT2D eigenvalue weighted by Crippen LogP contribution is 2.26. The number of hydrogen-bond donors (Lipinski definition) is 2. The molecule has 24 heavy (non-hydrogen) atoms. The Morgan fingerprint density at radius 2 is 1.92 bits per heavy atom. The number of para-hydroxylation sites is 1. The second-order valence-corrected chi connectivity index (χ2v) is 6.36. The van der Waals surface area contributed by atoms with E-state index in [-0.39, 0.29) is 5.91 Å². The number of hydrogen-bond acceptors (Lipinski definition) is 4. The van der Waals surface area contributed by atoms with Crippen molar-refractivity contribution in [2.24, 2.45) is 0 Å². The van der Waals surface area contributed by atoms with Gasteiger partial charge in [-0.2, -0.15) is 0 Å². The summed E-state index contributed by atoms with van der Waals surface area (Å²) in [5.41, 5.74) is 3.62. The molecule has 0 saturated heterocycles. The minimum Gasteiger partial charge on any atom is -0.354 e. The van der Waals surface area contributed by atoms with Crippen LogP contribution in [0, 0.1) is 0 Å². The van der Waals surface area contributed by atoms with Crippen molar-refractivity contribution in [1.82, 2.24) is 15.2 Å². The second kappa shape index (κ2) is 8.45. The number of rotatable bonds is 7. The van der Waals surface area contributed by atoms with E-state index in [4.69, 9.17) is 0 Å². The lowest BCUT2D eigenvalue weighted by molar-refractivity contribution is 0.0946. The number of likely N-dealkylation sites (N-methyl/N-ethyl adjacent to an activating group) is 1. The summed E-state index contributed by atoms with van der Waals surface area (Å²) in [5, 5.41) is 6.24. The maximum atomic E-state index is 12.0. The third-order valence-corrected chi connectivity index (χ3v) is 3.70. The van der Waals surface area contributed by atoms with Crippen molar-refractivity contribution in [3.05, 3.63) is 53.9 Å². The van der Waals surface area contributed by atoms with Crippen LogP contribution >= 0.6 is 0 Å². The van der Waals surface area contributed by atoms with Crippen molar-refractivity contribution in [3.8, 4) is 0 Å². The Morgan fingerprint density at radius 3 is 2.54 bits per heavy atom. The molecule has 0 radical (unpaired) electrons. The molecule has 0 aliphatic carbocycles. The number of nitrogens with one attached hydrogen (secondary N) is 2. The maximum absolute atomic E-state index is 12.0. The highest BCUT2D eigenvalue weighted by atomic mass is 16.1. The molecule has 0 aliphatic heterocycles. The molecule has 0 aliphatic rings. The van der Waals surface area contributed by atoms with Crippen molar-refractivity contribution in [2.75, 3.05) is 32.5 Å². The number of carbonyl (C=O) groups is 1. The summed E-state index contributed by atoms with van der Waals surface area (Å²) in [7, 11) is 3.94. The summed E-state index contributed by atoms with van der Waals surface area (Å²) in [6, 6.07) is 11.8. The van der Waals surface area contributed by atoms with Crippen LogP contribution in [-0.2, 0) is 0 Å². The van der Waals surface area contributed by atoms with Gasteiger partial charge in [-0.1, -0.05) is 32.0 Å². The summed E-state index contributed by atoms with van der Waals surface area (Å²) in [6.45, 7) is 5.74. The topological polar surface area (TPSA) is 57.3 Å². The number of benzene rings is 1. The summed E-state index contributed by atoms with van der Waals surface area (Å²) in [5.74, 6) is 0.286. The van der Waals surface area contributed by atoms with Crippen molar-refractivity contribution >= 4 is 17.3 Å². The van der Waals surface area contributed by atoms with E-state index in [1.54, 1.807) is 12.3 Å². The summed E-state index contributed by atoms with van der Waals surface area (Å²) >= 11 is 0. The first kappa shape index (κ1) is 17.9. The molecule has 1 aromatic heterocycles. The average molecular weight is 326 g/mol. The number of nitrogens with zero attached hydrogens (tertiary/aromatic N) is 2. The van der Waals surface area contributed by atoms with Crippen LogP contribution in [0.5, 0.6) is 0 Å². The maximum Gasteiger partial charge on any atom is 0.269 e. The van der Waals surface area contributed by atoms with Crippen molar-refractivity contribution in [3.63, 3.8) is 0 Å². The molecule has 2 N–H and O–H groups in total. The van der Waals surface area contributed by atoms with E-state index in [9.17, 15) is 4.79 Å². The molecule has 0 atom stereocenters. The van der Waals surface area contributed by atoms with Gasteiger partial charge in [0.05, 0.1) is 11.9 Å². The van der Waals surface area contributed by atoms with Crippen LogP contribution < -0.4 is 10.6 Å². The minimum absolute atomic E-state index is 0.147. The van der Waals surface area contributed by atoms with Crippen LogP contribution in [-0.4, -0.2) is 43.0 Å². The molecule has 1 amide bonds. The van der Waals surface area contributed by atoms with E-state index in [0.29, 0.717) is 18.2 Å². The lowest BCUT2D eigenvalue weighted by Gasteiger charge is -2.14. The summed E-state index contributed by atoms with van der Waals surface area (Å²) < 4.78 is 0. The fourth-order valence-electron chi connectivity index (χ4n) is 2.36. The van der Waals surface area contributed by atoms with Gasteiger partial charge in [0.1, 0.15) is 5.69 Å². The third kappa shape index (κ3) is 5.06. The Hall–Kier alpha value is -2.40. The van der Waals surface area contributed by atoms with Gasteiger partial charge < -0.3 is 15.5 Å². The van der Waals surface area contributed by atoms with Crippen molar-refractivity contribution in [2.45, 2.75) is 19.8 Å². The monoisotopic (exact) mass is 326 g/mol. The summed E-state index contributed by atoms with van der Waals surface area (Å²) in [4.78, 5) is 18.3. The Morgan fingerprint density at radius 1 is 1.17 bits per heavy atom. The van der Waals surface area contributed by atoms with Gasteiger partial charge in [0.2, 0.25) is 0 Å². The first-order valence-electron chi connectivity index (χ1n) is 8.22. The average Bonchev–Trinajstić information content (AvgIpc) is 2.55. The molecule has 0 saturated carbocycles. The van der Waals surface area contributed by atoms with Gasteiger partial charge >= 0.3 is 0 Å². The van der Waals surface area contributed by atoms with Gasteiger partial charge in [0, 0.05) is 18.8 Å². The highest BCUT2D eigenvalue weighted by molar-refractivity contribution is 5.92. The fraction of sp³-hybridized carbons (Fsp3) is 0.368. The largest absolute Gasteiger partial charge is 0.354 e. The van der Waals surface area contributed by atoms with E-state index in [2.05, 4.69) is 41.6 Å². The van der Waals surface area contributed by atoms with Crippen molar-refractivity contribution < 1.29 is 4.79 Å². The molecule has 0 spiro atoms. The molecule has 0 bridgehead atoms. The van der Waals surface area contributed by atoms with Crippen molar-refractivity contribution in [1.29, 1.82) is 0 Å². The van der Waals surface area contributed by atoms with Gasteiger partial charge in [-0.15, -0.1) is 0 Å². The Labute approximate surface area is 144 Å². The molecule has 5 nitrogen and oxygen atoms in total. The Bertz CT molecular complexity index is 665. The van der Waals surface area contributed by atoms with Crippen LogP contribution in [0.3, 0.4) is 0 Å². The Kier molecular flexibility index (Phi) is 6.32. The molecular formula is C19H26N4O. The van der Waals surface area contributed by atoms with Crippen LogP contribution in [0.2, 0.25) is 0 Å². The zero-order valence-electron chi connectivity index (χ0n) is 14.8. The van der Waals surface area contributed by atoms with E-state index in [1.165, 1.54) is 5.56 Å². The quantitative estimate of drug-likeness (QED) is 0.820. The molecule has 5 heteroatoms. The predicted molar refractivity (Wildman–Crippen MR) is 98.9 cm³/mol. The molecule has 0 fully saturated rings. The smallest absolute Gasteiger partial charge is 0.269 e. The van der Waals surface area contributed by atoms with E-state index in [1.807, 2.05) is 37.2 Å². The summed E-state index contributed by atoms with van der Waals surface area (Å²) in [6.07, 6.45) is 1.69. The molecule has 1 heterocycles. The van der Waals surface area contributed by atoms with Gasteiger partial charge in [-0.25, -0.2) is 4.98 Å². The normalized spacial score (nSPS) is 10.9. The standard InChI is InChI=1S/C19H26N4O/c1-14(2)16-7-5-6-8-17(16)22-15-9-10-18(21-13-15)19(24)20-11-12-23(3)4/h5-10,13-14,22H,11-12H2,1-4H3,(H,20,24). The van der Waals surface area contributed by atoms with Crippen LogP contribution in [0.1, 0.15) is 35.8 Å². The molecule has 1 aromatic carbocycles. The fourth-order valence-corrected chi connectivity index (χ4v) is 2.36. The number of anilines is 2. The number of carbonyl (C=O) groups excluding carboxylic acids is 1. The predicted octanol–water partition coefficient (Wildman–Crippen LogP) is 3.24. The first-order valence-corrected chi connectivity index (χ1v) is 8.22. The molecular weight excluding hydrogens is 300 g/mol. The Balaban J connectivity index is 2.01. The van der Waals surface area contributed by atoms with Crippen LogP contribution in [0.25, 0.3) is 0 Å². The SMILES string of the molecule is CC(C)c1ccccc1Nc1ccc(C(=O)NCCN(C)C)nc1. The minimum atomic E-state index is -0.147. The van der Waals surface area contributed by atoms with E-state index in [0.717, 1.165) is 17.9 Å². The van der Waals surface area contributed by atoms with Gasteiger partial charge in [-0.3, -0.25) is 4.79 Å². The van der Waals surface area contributed by atoms with Gasteiger partial charge in [-0.05, 0) is 43.8 Å². The van der Waals surface area contributed by atoms with Crippen LogP contribution in [0.15, 0.2) is 42.6 Å². The van der Waals surface area contributed by atoms with Gasteiger partial charge in [0.25, 0.3) is 5.91 Å².